The van der Waals surface area contributed by atoms with Gasteiger partial charge in [0.15, 0.2) is 0 Å². The first-order valence-electron chi connectivity index (χ1n) is 5.03. The highest BCUT2D eigenvalue weighted by molar-refractivity contribution is 4.92. The topological polar surface area (TPSA) is 35.5 Å². The van der Waals surface area contributed by atoms with Crippen LogP contribution in [0.25, 0.3) is 0 Å². The summed E-state index contributed by atoms with van der Waals surface area (Å²) in [5.41, 5.74) is -0.620. The van der Waals surface area contributed by atoms with E-state index in [-0.39, 0.29) is 6.04 Å². The van der Waals surface area contributed by atoms with Crippen LogP contribution < -0.4 is 5.32 Å². The minimum Gasteiger partial charge on any atom is -0.389 e. The Morgan fingerprint density at radius 1 is 1.54 bits per heavy atom. The van der Waals surface area contributed by atoms with E-state index in [9.17, 15) is 5.11 Å². The molecule has 0 aliphatic carbocycles. The number of nitrogens with one attached hydrogen (secondary N) is 1. The summed E-state index contributed by atoms with van der Waals surface area (Å²) < 4.78 is 0. The predicted octanol–water partition coefficient (Wildman–Crippen LogP) is 0.297. The highest BCUT2D eigenvalue weighted by Crippen LogP contribution is 2.24. The number of likely N-dealkylation sites (tertiary alicyclic amines) is 1. The molecule has 2 N–H and O–H groups in total. The summed E-state index contributed by atoms with van der Waals surface area (Å²) in [6, 6.07) is 0.206. The molecule has 0 radical (unpaired) electrons. The largest absolute Gasteiger partial charge is 0.389 e. The Morgan fingerprint density at radius 2 is 2.15 bits per heavy atom. The lowest BCUT2D eigenvalue weighted by atomic mass is 9.86. The standard InChI is InChI=1S/C10H22N2O/c1-10(2,13)9(11-3)8-5-6-12(4)7-8/h8-9,11,13H,5-7H2,1-4H3. The molecule has 1 fully saturated rings. The lowest BCUT2D eigenvalue weighted by molar-refractivity contribution is 0.0191. The van der Waals surface area contributed by atoms with Crippen LogP contribution in [0.2, 0.25) is 0 Å². The molecule has 0 spiro atoms. The monoisotopic (exact) mass is 186 g/mol. The van der Waals surface area contributed by atoms with E-state index in [0.717, 1.165) is 13.1 Å². The van der Waals surface area contributed by atoms with Crippen molar-refractivity contribution in [2.45, 2.75) is 31.9 Å². The van der Waals surface area contributed by atoms with Gasteiger partial charge >= 0.3 is 0 Å². The number of aliphatic hydroxyl groups is 1. The van der Waals surface area contributed by atoms with Gasteiger partial charge in [0.2, 0.25) is 0 Å². The minimum atomic E-state index is -0.620. The molecule has 1 aliphatic heterocycles. The fourth-order valence-electron chi connectivity index (χ4n) is 2.41. The number of hydrogen-bond acceptors (Lipinski definition) is 3. The quantitative estimate of drug-likeness (QED) is 0.665. The summed E-state index contributed by atoms with van der Waals surface area (Å²) in [6.45, 7) is 6.01. The maximum Gasteiger partial charge on any atom is 0.0747 e. The molecular formula is C10H22N2O. The average molecular weight is 186 g/mol. The van der Waals surface area contributed by atoms with Crippen molar-refractivity contribution in [2.24, 2.45) is 5.92 Å². The summed E-state index contributed by atoms with van der Waals surface area (Å²) in [6.07, 6.45) is 1.19. The van der Waals surface area contributed by atoms with Gasteiger partial charge in [0.25, 0.3) is 0 Å². The van der Waals surface area contributed by atoms with E-state index in [4.69, 9.17) is 0 Å². The number of nitrogens with zero attached hydrogens (tertiary/aromatic N) is 1. The Bertz CT molecular complexity index is 165. The van der Waals surface area contributed by atoms with Crippen molar-refractivity contribution < 1.29 is 5.11 Å². The first-order valence-corrected chi connectivity index (χ1v) is 5.03. The third-order valence-electron chi connectivity index (χ3n) is 2.97. The molecule has 0 aromatic carbocycles. The van der Waals surface area contributed by atoms with Gasteiger partial charge < -0.3 is 15.3 Å². The van der Waals surface area contributed by atoms with Crippen LogP contribution in [0.5, 0.6) is 0 Å². The van der Waals surface area contributed by atoms with Gasteiger partial charge in [0.1, 0.15) is 0 Å². The number of hydrogen-bond donors (Lipinski definition) is 2. The fourth-order valence-corrected chi connectivity index (χ4v) is 2.41. The molecular weight excluding hydrogens is 164 g/mol. The van der Waals surface area contributed by atoms with E-state index < -0.39 is 5.60 Å². The Hall–Kier alpha value is -0.120. The second-order valence-electron chi connectivity index (χ2n) is 4.73. The van der Waals surface area contributed by atoms with Gasteiger partial charge in [-0.2, -0.15) is 0 Å². The molecule has 13 heavy (non-hydrogen) atoms. The van der Waals surface area contributed by atoms with E-state index in [0.29, 0.717) is 5.92 Å². The van der Waals surface area contributed by atoms with E-state index in [1.54, 1.807) is 0 Å². The van der Waals surface area contributed by atoms with Crippen molar-refractivity contribution >= 4 is 0 Å². The van der Waals surface area contributed by atoms with Gasteiger partial charge in [-0.05, 0) is 46.8 Å². The van der Waals surface area contributed by atoms with Crippen molar-refractivity contribution in [2.75, 3.05) is 27.2 Å². The minimum absolute atomic E-state index is 0.206. The zero-order chi connectivity index (χ0) is 10.1. The average Bonchev–Trinajstić information content (AvgIpc) is 2.34. The van der Waals surface area contributed by atoms with Crippen molar-refractivity contribution in [3.8, 4) is 0 Å². The first kappa shape index (κ1) is 11.0. The molecule has 0 saturated carbocycles. The van der Waals surface area contributed by atoms with Crippen LogP contribution in [0.3, 0.4) is 0 Å². The molecule has 0 aromatic rings. The maximum absolute atomic E-state index is 9.94. The molecule has 78 valence electrons. The SMILES string of the molecule is CNC(C1CCN(C)C1)C(C)(C)O. The van der Waals surface area contributed by atoms with Crippen LogP contribution in [0.4, 0.5) is 0 Å². The van der Waals surface area contributed by atoms with Crippen LogP contribution >= 0.6 is 0 Å². The second kappa shape index (κ2) is 3.95. The molecule has 1 saturated heterocycles. The molecule has 2 unspecified atom stereocenters. The summed E-state index contributed by atoms with van der Waals surface area (Å²) in [5, 5.41) is 13.2. The van der Waals surface area contributed by atoms with E-state index in [1.807, 2.05) is 20.9 Å². The Morgan fingerprint density at radius 3 is 2.46 bits per heavy atom. The molecule has 2 atom stereocenters. The lowest BCUT2D eigenvalue weighted by Gasteiger charge is -2.33. The highest BCUT2D eigenvalue weighted by Gasteiger charge is 2.35. The first-order chi connectivity index (χ1) is 5.95. The van der Waals surface area contributed by atoms with Gasteiger partial charge in [-0.1, -0.05) is 0 Å². The van der Waals surface area contributed by atoms with Crippen LogP contribution in [0, 0.1) is 5.92 Å². The maximum atomic E-state index is 9.94. The van der Waals surface area contributed by atoms with Gasteiger partial charge in [-0.25, -0.2) is 0 Å². The summed E-state index contributed by atoms with van der Waals surface area (Å²) in [7, 11) is 4.07. The van der Waals surface area contributed by atoms with Crippen LogP contribution in [-0.4, -0.2) is 48.8 Å². The molecule has 3 heteroatoms. The van der Waals surface area contributed by atoms with Crippen molar-refractivity contribution in [1.29, 1.82) is 0 Å². The molecule has 1 heterocycles. The van der Waals surface area contributed by atoms with Gasteiger partial charge in [-0.3, -0.25) is 0 Å². The van der Waals surface area contributed by atoms with E-state index in [2.05, 4.69) is 17.3 Å². The van der Waals surface area contributed by atoms with E-state index in [1.165, 1.54) is 6.42 Å². The van der Waals surface area contributed by atoms with Crippen molar-refractivity contribution in [1.82, 2.24) is 10.2 Å². The summed E-state index contributed by atoms with van der Waals surface area (Å²) in [5.74, 6) is 0.579. The zero-order valence-electron chi connectivity index (χ0n) is 9.17. The normalized spacial score (nSPS) is 27.9. The highest BCUT2D eigenvalue weighted by atomic mass is 16.3. The Labute approximate surface area is 81.1 Å². The molecule has 1 aliphatic rings. The Balaban J connectivity index is 2.57. The third kappa shape index (κ3) is 2.66. The molecule has 0 amide bonds. The van der Waals surface area contributed by atoms with Crippen molar-refractivity contribution in [3.63, 3.8) is 0 Å². The number of likely N-dealkylation sites (N-methyl/N-ethyl adjacent to an activating group) is 1. The lowest BCUT2D eigenvalue weighted by Crippen LogP contribution is -2.50. The molecule has 3 nitrogen and oxygen atoms in total. The molecule has 1 rings (SSSR count). The van der Waals surface area contributed by atoms with Crippen LogP contribution in [0.1, 0.15) is 20.3 Å². The van der Waals surface area contributed by atoms with Gasteiger partial charge in [0, 0.05) is 12.6 Å². The Kier molecular flexibility index (Phi) is 3.33. The van der Waals surface area contributed by atoms with Crippen LogP contribution in [0.15, 0.2) is 0 Å². The second-order valence-corrected chi connectivity index (χ2v) is 4.73. The van der Waals surface area contributed by atoms with Gasteiger partial charge in [0.05, 0.1) is 5.60 Å². The third-order valence-corrected chi connectivity index (χ3v) is 2.97. The van der Waals surface area contributed by atoms with Crippen molar-refractivity contribution in [3.05, 3.63) is 0 Å². The summed E-state index contributed by atoms with van der Waals surface area (Å²) >= 11 is 0. The smallest absolute Gasteiger partial charge is 0.0747 e. The molecule has 0 bridgehead atoms. The predicted molar refractivity (Wildman–Crippen MR) is 54.7 cm³/mol. The van der Waals surface area contributed by atoms with E-state index >= 15 is 0 Å². The van der Waals surface area contributed by atoms with Gasteiger partial charge in [-0.15, -0.1) is 0 Å². The number of rotatable bonds is 3. The summed E-state index contributed by atoms with van der Waals surface area (Å²) in [4.78, 5) is 2.32. The fraction of sp³-hybridized carbons (Fsp3) is 1.00. The molecule has 0 aromatic heterocycles. The van der Waals surface area contributed by atoms with Crippen LogP contribution in [-0.2, 0) is 0 Å². The zero-order valence-corrected chi connectivity index (χ0v) is 9.17.